The van der Waals surface area contributed by atoms with Crippen LogP contribution >= 0.6 is 23.2 Å². The highest BCUT2D eigenvalue weighted by molar-refractivity contribution is 6.37. The number of pyridine rings is 1. The molecular formula is C13H21Cl2N3O2. The summed E-state index contributed by atoms with van der Waals surface area (Å²) in [7, 11) is 3.32. The first kappa shape index (κ1) is 17.3. The zero-order valence-electron chi connectivity index (χ0n) is 12.1. The molecule has 1 aromatic heterocycles. The first-order valence-electron chi connectivity index (χ1n) is 6.46. The number of methoxy groups -OCH3 is 2. The topological polar surface area (TPSA) is 46.6 Å². The van der Waals surface area contributed by atoms with Gasteiger partial charge in [-0.25, -0.2) is 4.98 Å². The predicted octanol–water partition coefficient (Wildman–Crippen LogP) is 2.92. The minimum absolute atomic E-state index is 0.513. The van der Waals surface area contributed by atoms with Crippen LogP contribution in [0.4, 0.5) is 11.6 Å². The Bertz CT molecular complexity index is 411. The van der Waals surface area contributed by atoms with Crippen molar-refractivity contribution in [3.63, 3.8) is 0 Å². The Hall–Kier alpha value is -0.750. The molecule has 0 aliphatic rings. The molecule has 1 N–H and O–H groups in total. The molecule has 0 spiro atoms. The molecule has 1 heterocycles. The third-order valence-corrected chi connectivity index (χ3v) is 3.25. The zero-order valence-corrected chi connectivity index (χ0v) is 13.6. The van der Waals surface area contributed by atoms with Gasteiger partial charge in [-0.3, -0.25) is 0 Å². The standard InChI is InChI=1S/C13H21Cl2N3O2/c1-4-16-12-10(14)9-11(15)13(17-12)18(5-7-19-2)6-8-20-3/h9H,4-8H2,1-3H3,(H,16,17). The molecule has 114 valence electrons. The minimum Gasteiger partial charge on any atom is -0.383 e. The molecule has 0 aliphatic carbocycles. The monoisotopic (exact) mass is 321 g/mol. The van der Waals surface area contributed by atoms with Crippen LogP contribution in [0.2, 0.25) is 10.0 Å². The Labute approximate surface area is 130 Å². The van der Waals surface area contributed by atoms with E-state index in [1.54, 1.807) is 20.3 Å². The highest BCUT2D eigenvalue weighted by Gasteiger charge is 2.15. The fraction of sp³-hybridized carbons (Fsp3) is 0.615. The Morgan fingerprint density at radius 2 is 1.75 bits per heavy atom. The van der Waals surface area contributed by atoms with Crippen molar-refractivity contribution in [3.05, 3.63) is 16.1 Å². The van der Waals surface area contributed by atoms with E-state index in [1.807, 2.05) is 11.8 Å². The first-order chi connectivity index (χ1) is 9.63. The molecule has 0 radical (unpaired) electrons. The highest BCUT2D eigenvalue weighted by atomic mass is 35.5. The normalized spacial score (nSPS) is 10.7. The Balaban J connectivity index is 3.00. The maximum absolute atomic E-state index is 6.26. The predicted molar refractivity (Wildman–Crippen MR) is 84.4 cm³/mol. The van der Waals surface area contributed by atoms with Gasteiger partial charge >= 0.3 is 0 Å². The van der Waals surface area contributed by atoms with Crippen LogP contribution in [0.15, 0.2) is 6.07 Å². The van der Waals surface area contributed by atoms with Gasteiger partial charge in [-0.2, -0.15) is 0 Å². The molecule has 0 atom stereocenters. The van der Waals surface area contributed by atoms with Gasteiger partial charge < -0.3 is 19.7 Å². The summed E-state index contributed by atoms with van der Waals surface area (Å²) < 4.78 is 10.2. The zero-order chi connectivity index (χ0) is 15.0. The fourth-order valence-corrected chi connectivity index (χ4v) is 2.24. The average Bonchev–Trinajstić information content (AvgIpc) is 2.43. The summed E-state index contributed by atoms with van der Waals surface area (Å²) in [6.45, 7) is 5.26. The van der Waals surface area contributed by atoms with Crippen LogP contribution in [-0.4, -0.2) is 52.1 Å². The molecule has 0 aliphatic heterocycles. The van der Waals surface area contributed by atoms with Crippen molar-refractivity contribution in [2.75, 3.05) is 57.3 Å². The molecule has 0 saturated heterocycles. The van der Waals surface area contributed by atoms with Crippen molar-refractivity contribution < 1.29 is 9.47 Å². The van der Waals surface area contributed by atoms with Gasteiger partial charge in [0.05, 0.1) is 23.3 Å². The first-order valence-corrected chi connectivity index (χ1v) is 7.22. The van der Waals surface area contributed by atoms with Crippen molar-refractivity contribution in [3.8, 4) is 0 Å². The molecular weight excluding hydrogens is 301 g/mol. The number of rotatable bonds is 9. The lowest BCUT2D eigenvalue weighted by molar-refractivity contribution is 0.190. The summed E-state index contributed by atoms with van der Waals surface area (Å²) in [4.78, 5) is 6.53. The maximum atomic E-state index is 6.26. The molecule has 0 aromatic carbocycles. The summed E-state index contributed by atoms with van der Waals surface area (Å²) in [6.07, 6.45) is 0. The molecule has 0 amide bonds. The van der Waals surface area contributed by atoms with Crippen LogP contribution < -0.4 is 10.2 Å². The number of ether oxygens (including phenoxy) is 2. The number of hydrogen-bond acceptors (Lipinski definition) is 5. The van der Waals surface area contributed by atoms with E-state index in [0.29, 0.717) is 48.0 Å². The van der Waals surface area contributed by atoms with E-state index < -0.39 is 0 Å². The maximum Gasteiger partial charge on any atom is 0.150 e. The minimum atomic E-state index is 0.513. The fourth-order valence-electron chi connectivity index (χ4n) is 1.70. The molecule has 5 nitrogen and oxygen atoms in total. The van der Waals surface area contributed by atoms with Crippen molar-refractivity contribution in [1.29, 1.82) is 0 Å². The quantitative estimate of drug-likeness (QED) is 0.757. The summed E-state index contributed by atoms with van der Waals surface area (Å²) >= 11 is 12.4. The summed E-state index contributed by atoms with van der Waals surface area (Å²) in [5.74, 6) is 1.31. The van der Waals surface area contributed by atoms with Gasteiger partial charge in [-0.05, 0) is 13.0 Å². The van der Waals surface area contributed by atoms with E-state index in [-0.39, 0.29) is 0 Å². The smallest absolute Gasteiger partial charge is 0.150 e. The molecule has 1 aromatic rings. The van der Waals surface area contributed by atoms with Gasteiger partial charge in [-0.15, -0.1) is 0 Å². The van der Waals surface area contributed by atoms with E-state index >= 15 is 0 Å². The van der Waals surface area contributed by atoms with Crippen LogP contribution in [0.1, 0.15) is 6.92 Å². The van der Waals surface area contributed by atoms with E-state index in [9.17, 15) is 0 Å². The van der Waals surface area contributed by atoms with Gasteiger partial charge in [0.2, 0.25) is 0 Å². The van der Waals surface area contributed by atoms with Crippen LogP contribution in [-0.2, 0) is 9.47 Å². The van der Waals surface area contributed by atoms with Crippen molar-refractivity contribution in [1.82, 2.24) is 4.98 Å². The number of aromatic nitrogens is 1. The lowest BCUT2D eigenvalue weighted by atomic mass is 10.3. The van der Waals surface area contributed by atoms with Crippen molar-refractivity contribution in [2.24, 2.45) is 0 Å². The molecule has 0 bridgehead atoms. The second-order valence-corrected chi connectivity index (χ2v) is 4.94. The lowest BCUT2D eigenvalue weighted by Crippen LogP contribution is -2.31. The van der Waals surface area contributed by atoms with Crippen LogP contribution in [0, 0.1) is 0 Å². The molecule has 20 heavy (non-hydrogen) atoms. The third-order valence-electron chi connectivity index (χ3n) is 2.69. The van der Waals surface area contributed by atoms with Gasteiger partial charge in [0.1, 0.15) is 11.6 Å². The second-order valence-electron chi connectivity index (χ2n) is 4.13. The summed E-state index contributed by atoms with van der Waals surface area (Å²) in [6, 6.07) is 1.70. The number of nitrogens with one attached hydrogen (secondary N) is 1. The van der Waals surface area contributed by atoms with Crippen molar-refractivity contribution in [2.45, 2.75) is 6.92 Å². The van der Waals surface area contributed by atoms with Gasteiger partial charge in [0.25, 0.3) is 0 Å². The van der Waals surface area contributed by atoms with Gasteiger partial charge in [-0.1, -0.05) is 23.2 Å². The van der Waals surface area contributed by atoms with Gasteiger partial charge in [0, 0.05) is 33.9 Å². The van der Waals surface area contributed by atoms with E-state index in [0.717, 1.165) is 6.54 Å². The highest BCUT2D eigenvalue weighted by Crippen LogP contribution is 2.31. The molecule has 7 heteroatoms. The molecule has 0 fully saturated rings. The van der Waals surface area contributed by atoms with Crippen LogP contribution in [0.25, 0.3) is 0 Å². The third kappa shape index (κ3) is 4.98. The van der Waals surface area contributed by atoms with Gasteiger partial charge in [0.15, 0.2) is 0 Å². The molecule has 0 saturated carbocycles. The Morgan fingerprint density at radius 3 is 2.25 bits per heavy atom. The summed E-state index contributed by atoms with van der Waals surface area (Å²) in [5.41, 5.74) is 0. The number of halogens is 2. The SMILES string of the molecule is CCNc1nc(N(CCOC)CCOC)c(Cl)cc1Cl. The Morgan fingerprint density at radius 1 is 1.15 bits per heavy atom. The van der Waals surface area contributed by atoms with Crippen molar-refractivity contribution >= 4 is 34.8 Å². The summed E-state index contributed by atoms with van der Waals surface area (Å²) in [5, 5.41) is 4.15. The largest absolute Gasteiger partial charge is 0.383 e. The average molecular weight is 322 g/mol. The van der Waals surface area contributed by atoms with Crippen LogP contribution in [0.5, 0.6) is 0 Å². The number of hydrogen-bond donors (Lipinski definition) is 1. The number of anilines is 2. The molecule has 1 rings (SSSR count). The van der Waals surface area contributed by atoms with E-state index in [2.05, 4.69) is 10.3 Å². The molecule has 0 unspecified atom stereocenters. The van der Waals surface area contributed by atoms with E-state index in [1.165, 1.54) is 0 Å². The number of nitrogens with zero attached hydrogens (tertiary/aromatic N) is 2. The van der Waals surface area contributed by atoms with Crippen LogP contribution in [0.3, 0.4) is 0 Å². The second kappa shape index (κ2) is 9.23. The Kier molecular flexibility index (Phi) is 7.99. The lowest BCUT2D eigenvalue weighted by Gasteiger charge is -2.25. The van der Waals surface area contributed by atoms with E-state index in [4.69, 9.17) is 32.7 Å².